The molecule has 2 saturated heterocycles. The Bertz CT molecular complexity index is 1050. The molecule has 38 heavy (non-hydrogen) atoms. The summed E-state index contributed by atoms with van der Waals surface area (Å²) in [6, 6.07) is 5.57. The third-order valence-corrected chi connectivity index (χ3v) is 7.74. The maximum Gasteiger partial charge on any atom is 0.411 e. The van der Waals surface area contributed by atoms with Gasteiger partial charge in [0.2, 0.25) is 5.91 Å². The van der Waals surface area contributed by atoms with Crippen LogP contribution in [0.5, 0.6) is 0 Å². The number of methoxy groups -OCH3 is 1. The number of piperidine rings is 1. The number of carbonyl (C=O) groups is 2. The summed E-state index contributed by atoms with van der Waals surface area (Å²) in [6.45, 7) is 10.3. The average molecular weight is 530 g/mol. The van der Waals surface area contributed by atoms with Crippen LogP contribution < -0.4 is 10.2 Å². The van der Waals surface area contributed by atoms with Gasteiger partial charge in [-0.2, -0.15) is 5.26 Å². The van der Waals surface area contributed by atoms with Crippen molar-refractivity contribution in [1.82, 2.24) is 15.1 Å². The molecule has 1 N–H and O–H groups in total. The van der Waals surface area contributed by atoms with Gasteiger partial charge in [-0.3, -0.25) is 14.6 Å². The molecule has 2 heterocycles. The minimum absolute atomic E-state index is 0.0297. The second-order valence-electron chi connectivity index (χ2n) is 11.6. The number of fused-ring (bicyclic) bond motifs is 2. The molecule has 2 amide bonds. The van der Waals surface area contributed by atoms with E-state index in [2.05, 4.69) is 21.2 Å². The van der Waals surface area contributed by atoms with Crippen LogP contribution in [-0.4, -0.2) is 92.0 Å². The van der Waals surface area contributed by atoms with Crippen molar-refractivity contribution in [2.75, 3.05) is 51.3 Å². The summed E-state index contributed by atoms with van der Waals surface area (Å²) in [5.41, 5.74) is 0.512. The highest BCUT2D eigenvalue weighted by Gasteiger charge is 2.52. The third kappa shape index (κ3) is 6.56. The number of piperazine rings is 1. The Kier molecular flexibility index (Phi) is 8.78. The summed E-state index contributed by atoms with van der Waals surface area (Å²) in [5.74, 6) is -0.732. The second-order valence-corrected chi connectivity index (χ2v) is 11.6. The zero-order valence-corrected chi connectivity index (χ0v) is 22.9. The summed E-state index contributed by atoms with van der Waals surface area (Å²) < 4.78 is 25.8. The molecule has 0 radical (unpaired) electrons. The minimum Gasteiger partial charge on any atom is -0.444 e. The first kappa shape index (κ1) is 28.1. The number of likely N-dealkylation sites (tertiary alicyclic amines) is 1. The molecule has 3 aliphatic rings. The molecule has 0 aromatic heterocycles. The molecule has 1 saturated carbocycles. The number of hydrogen-bond acceptors (Lipinski definition) is 7. The zero-order valence-electron chi connectivity index (χ0n) is 22.9. The van der Waals surface area contributed by atoms with E-state index in [1.807, 2.05) is 6.07 Å². The Labute approximate surface area is 224 Å². The zero-order chi connectivity index (χ0) is 27.4. The summed E-state index contributed by atoms with van der Waals surface area (Å²) in [4.78, 5) is 32.2. The highest BCUT2D eigenvalue weighted by molar-refractivity contribution is 5.87. The van der Waals surface area contributed by atoms with E-state index in [-0.39, 0.29) is 24.3 Å². The molecule has 0 spiro atoms. The van der Waals surface area contributed by atoms with Crippen molar-refractivity contribution >= 4 is 17.7 Å². The van der Waals surface area contributed by atoms with Crippen LogP contribution in [0.3, 0.4) is 0 Å². The van der Waals surface area contributed by atoms with Gasteiger partial charge in [-0.1, -0.05) is 6.07 Å². The number of halogens is 1. The van der Waals surface area contributed by atoms with E-state index in [9.17, 15) is 14.9 Å². The highest BCUT2D eigenvalue weighted by atomic mass is 19.1. The Morgan fingerprint density at radius 1 is 1.21 bits per heavy atom. The van der Waals surface area contributed by atoms with Crippen molar-refractivity contribution in [3.8, 4) is 6.07 Å². The lowest BCUT2D eigenvalue weighted by atomic mass is 9.97. The van der Waals surface area contributed by atoms with E-state index in [0.29, 0.717) is 12.2 Å². The summed E-state index contributed by atoms with van der Waals surface area (Å²) in [6.07, 6.45) is 2.00. The van der Waals surface area contributed by atoms with E-state index in [0.717, 1.165) is 57.7 Å². The van der Waals surface area contributed by atoms with Gasteiger partial charge in [-0.25, -0.2) is 9.18 Å². The molecule has 10 heteroatoms. The monoisotopic (exact) mass is 529 g/mol. The Morgan fingerprint density at radius 3 is 2.58 bits per heavy atom. The van der Waals surface area contributed by atoms with E-state index < -0.39 is 29.6 Å². The minimum atomic E-state index is -0.910. The molecular formula is C28H40FN5O4. The molecular weight excluding hydrogens is 489 g/mol. The summed E-state index contributed by atoms with van der Waals surface area (Å²) in [7, 11) is 1.69. The van der Waals surface area contributed by atoms with Crippen LogP contribution in [0.1, 0.15) is 45.6 Å². The Morgan fingerprint density at radius 2 is 1.95 bits per heavy atom. The Hall–Kier alpha value is -2.90. The highest BCUT2D eigenvalue weighted by Crippen LogP contribution is 2.43. The van der Waals surface area contributed by atoms with Gasteiger partial charge in [-0.15, -0.1) is 0 Å². The molecule has 2 bridgehead atoms. The van der Waals surface area contributed by atoms with Gasteiger partial charge in [0.1, 0.15) is 23.5 Å². The molecule has 9 nitrogen and oxygen atoms in total. The van der Waals surface area contributed by atoms with E-state index in [1.165, 1.54) is 6.07 Å². The lowest BCUT2D eigenvalue weighted by Crippen LogP contribution is -2.55. The van der Waals surface area contributed by atoms with Crippen LogP contribution in [0.25, 0.3) is 0 Å². The van der Waals surface area contributed by atoms with Gasteiger partial charge in [0, 0.05) is 58.0 Å². The fraction of sp³-hybridized carbons (Fsp3) is 0.679. The van der Waals surface area contributed by atoms with Crippen molar-refractivity contribution in [1.29, 1.82) is 5.26 Å². The number of nitrogens with zero attached hydrogens (tertiary/aromatic N) is 4. The number of ether oxygens (including phenoxy) is 2. The molecule has 1 aliphatic carbocycles. The van der Waals surface area contributed by atoms with Crippen LogP contribution in [0.4, 0.5) is 14.9 Å². The number of nitriles is 1. The standard InChI is InChI=1S/C28H40FN5O4/c1-28(2,3)38-27(36)34-23-8-6-20(16-23)25(34)26(35)31-21(18-30)15-19-5-7-22(17-24(19)29)33-11-9-32(10-12-33)13-14-37-4/h5,7,17,20-21,23,25H,6,8-16H2,1-4H3,(H,31,35)/t20-,21-,23+,25-/m0/s1. The van der Waals surface area contributed by atoms with Crippen molar-refractivity contribution in [3.05, 3.63) is 29.6 Å². The van der Waals surface area contributed by atoms with Gasteiger partial charge < -0.3 is 19.7 Å². The number of amides is 2. The van der Waals surface area contributed by atoms with Crippen LogP contribution in [0, 0.1) is 23.1 Å². The molecule has 2 aliphatic heterocycles. The fourth-order valence-electron chi connectivity index (χ4n) is 5.86. The van der Waals surface area contributed by atoms with Crippen LogP contribution in [0.15, 0.2) is 18.2 Å². The Balaban J connectivity index is 1.36. The number of hydrogen-bond donors (Lipinski definition) is 1. The number of anilines is 1. The van der Waals surface area contributed by atoms with Crippen molar-refractivity contribution in [2.45, 2.75) is 70.2 Å². The van der Waals surface area contributed by atoms with Crippen molar-refractivity contribution in [3.63, 3.8) is 0 Å². The molecule has 0 unspecified atom stereocenters. The number of benzene rings is 1. The average Bonchev–Trinajstić information content (AvgIpc) is 3.49. The van der Waals surface area contributed by atoms with Crippen LogP contribution in [0.2, 0.25) is 0 Å². The van der Waals surface area contributed by atoms with Gasteiger partial charge in [0.05, 0.1) is 12.7 Å². The molecule has 4 rings (SSSR count). The van der Waals surface area contributed by atoms with Gasteiger partial charge in [0.15, 0.2) is 0 Å². The molecule has 208 valence electrons. The lowest BCUT2D eigenvalue weighted by molar-refractivity contribution is -0.128. The predicted molar refractivity (Wildman–Crippen MR) is 141 cm³/mol. The van der Waals surface area contributed by atoms with Gasteiger partial charge >= 0.3 is 6.09 Å². The van der Waals surface area contributed by atoms with E-state index in [1.54, 1.807) is 38.8 Å². The first-order valence-electron chi connectivity index (χ1n) is 13.6. The molecule has 1 aromatic carbocycles. The maximum absolute atomic E-state index is 15.1. The smallest absolute Gasteiger partial charge is 0.411 e. The largest absolute Gasteiger partial charge is 0.444 e. The van der Waals surface area contributed by atoms with Crippen molar-refractivity contribution in [2.24, 2.45) is 5.92 Å². The first-order valence-corrected chi connectivity index (χ1v) is 13.6. The topological polar surface area (TPSA) is 98.1 Å². The maximum atomic E-state index is 15.1. The quantitative estimate of drug-likeness (QED) is 0.553. The SMILES string of the molecule is COCCN1CCN(c2ccc(C[C@@H](C#N)NC(=O)[C@@H]3[C@H]4CC[C@H](C4)N3C(=O)OC(C)(C)C)c(F)c2)CC1. The molecule has 4 atom stereocenters. The van der Waals surface area contributed by atoms with Gasteiger partial charge in [0.25, 0.3) is 0 Å². The second kappa shape index (κ2) is 11.9. The molecule has 3 fully saturated rings. The van der Waals surface area contributed by atoms with E-state index in [4.69, 9.17) is 9.47 Å². The van der Waals surface area contributed by atoms with E-state index >= 15 is 4.39 Å². The summed E-state index contributed by atoms with van der Waals surface area (Å²) >= 11 is 0. The normalized spacial score (nSPS) is 24.3. The van der Waals surface area contributed by atoms with Crippen LogP contribution in [-0.2, 0) is 20.7 Å². The van der Waals surface area contributed by atoms with Gasteiger partial charge in [-0.05, 0) is 63.6 Å². The number of carbonyl (C=O) groups excluding carboxylic acids is 2. The number of rotatable bonds is 8. The molecule has 1 aromatic rings. The lowest BCUT2D eigenvalue weighted by Gasteiger charge is -2.36. The summed E-state index contributed by atoms with van der Waals surface area (Å²) in [5, 5.41) is 12.5. The van der Waals surface area contributed by atoms with Crippen molar-refractivity contribution < 1.29 is 23.5 Å². The predicted octanol–water partition coefficient (Wildman–Crippen LogP) is 2.93. The van der Waals surface area contributed by atoms with Crippen LogP contribution >= 0.6 is 0 Å². The first-order chi connectivity index (χ1) is 18.1. The fourth-order valence-corrected chi connectivity index (χ4v) is 5.86. The number of nitrogens with one attached hydrogen (secondary N) is 1. The third-order valence-electron chi connectivity index (χ3n) is 7.74.